The molecular formula is C24H34O2. The van der Waals surface area contributed by atoms with E-state index in [1.807, 2.05) is 24.3 Å². The normalized spacial score (nSPS) is 20.7. The van der Waals surface area contributed by atoms with Gasteiger partial charge in [0.15, 0.2) is 0 Å². The van der Waals surface area contributed by atoms with E-state index >= 15 is 0 Å². The number of hydrogen-bond acceptors (Lipinski definition) is 2. The summed E-state index contributed by atoms with van der Waals surface area (Å²) in [5.41, 5.74) is 1.39. The minimum atomic E-state index is -0.328. The Hall–Kier alpha value is -1.83. The van der Waals surface area contributed by atoms with Gasteiger partial charge in [-0.3, -0.25) is 0 Å². The molecule has 1 aromatic carbocycles. The van der Waals surface area contributed by atoms with Gasteiger partial charge in [0.05, 0.1) is 0 Å². The van der Waals surface area contributed by atoms with Crippen LogP contribution >= 0.6 is 0 Å². The summed E-state index contributed by atoms with van der Waals surface area (Å²) in [5, 5.41) is 0. The largest absolute Gasteiger partial charge is 0.423 e. The van der Waals surface area contributed by atoms with Crippen LogP contribution in [0.3, 0.4) is 0 Å². The SMILES string of the molecule is CCC=CC=CC(=O)Oc1ccc(C2CCC(CCCCC)CC2)cc1. The fourth-order valence-corrected chi connectivity index (χ4v) is 3.77. The zero-order chi connectivity index (χ0) is 18.6. The van der Waals surface area contributed by atoms with Crippen LogP contribution in [0.1, 0.15) is 83.1 Å². The molecule has 0 heterocycles. The molecule has 1 saturated carbocycles. The molecule has 142 valence electrons. The number of rotatable bonds is 9. The van der Waals surface area contributed by atoms with Gasteiger partial charge in [-0.05, 0) is 61.6 Å². The Morgan fingerprint density at radius 3 is 2.42 bits per heavy atom. The van der Waals surface area contributed by atoms with Crippen LogP contribution in [0, 0.1) is 5.92 Å². The van der Waals surface area contributed by atoms with Gasteiger partial charge in [-0.2, -0.15) is 0 Å². The summed E-state index contributed by atoms with van der Waals surface area (Å²) in [5.74, 6) is 1.90. The maximum absolute atomic E-state index is 11.8. The predicted molar refractivity (Wildman–Crippen MR) is 109 cm³/mol. The number of ether oxygens (including phenoxy) is 1. The molecule has 0 saturated heterocycles. The van der Waals surface area contributed by atoms with Gasteiger partial charge >= 0.3 is 5.97 Å². The van der Waals surface area contributed by atoms with Crippen molar-refractivity contribution in [3.8, 4) is 5.75 Å². The van der Waals surface area contributed by atoms with Crippen LogP contribution < -0.4 is 4.74 Å². The van der Waals surface area contributed by atoms with Crippen LogP contribution in [0.4, 0.5) is 0 Å². The quantitative estimate of drug-likeness (QED) is 0.157. The summed E-state index contributed by atoms with van der Waals surface area (Å²) < 4.78 is 5.35. The molecule has 0 aromatic heterocycles. The number of esters is 1. The maximum atomic E-state index is 11.8. The highest BCUT2D eigenvalue weighted by molar-refractivity contribution is 5.84. The highest BCUT2D eigenvalue weighted by Crippen LogP contribution is 2.38. The fraction of sp³-hybridized carbons (Fsp3) is 0.542. The Kier molecular flexibility index (Phi) is 9.23. The van der Waals surface area contributed by atoms with Gasteiger partial charge in [0, 0.05) is 6.08 Å². The average Bonchev–Trinajstić information content (AvgIpc) is 2.67. The molecule has 1 aromatic rings. The maximum Gasteiger partial charge on any atom is 0.336 e. The Morgan fingerprint density at radius 1 is 1.04 bits per heavy atom. The zero-order valence-electron chi connectivity index (χ0n) is 16.5. The van der Waals surface area contributed by atoms with E-state index in [1.165, 1.54) is 63.0 Å². The van der Waals surface area contributed by atoms with Crippen molar-refractivity contribution < 1.29 is 9.53 Å². The van der Waals surface area contributed by atoms with Crippen molar-refractivity contribution >= 4 is 5.97 Å². The molecule has 0 amide bonds. The second kappa shape index (κ2) is 11.7. The third kappa shape index (κ3) is 7.19. The van der Waals surface area contributed by atoms with E-state index in [4.69, 9.17) is 4.74 Å². The summed E-state index contributed by atoms with van der Waals surface area (Å²) in [6.45, 7) is 4.33. The van der Waals surface area contributed by atoms with Gasteiger partial charge in [0.2, 0.25) is 0 Å². The number of carbonyl (C=O) groups is 1. The molecule has 0 spiro atoms. The highest BCUT2D eigenvalue weighted by Gasteiger charge is 2.22. The van der Waals surface area contributed by atoms with Crippen molar-refractivity contribution in [3.05, 3.63) is 54.1 Å². The van der Waals surface area contributed by atoms with Gasteiger partial charge in [0.1, 0.15) is 5.75 Å². The summed E-state index contributed by atoms with van der Waals surface area (Å²) in [6, 6.07) is 8.11. The topological polar surface area (TPSA) is 26.3 Å². The minimum absolute atomic E-state index is 0.328. The molecule has 26 heavy (non-hydrogen) atoms. The van der Waals surface area contributed by atoms with Gasteiger partial charge in [-0.25, -0.2) is 4.79 Å². The molecule has 2 rings (SSSR count). The molecule has 0 radical (unpaired) electrons. The molecule has 1 aliphatic rings. The molecule has 0 aliphatic heterocycles. The molecule has 1 fully saturated rings. The molecule has 2 heteroatoms. The number of allylic oxidation sites excluding steroid dienone is 3. The monoisotopic (exact) mass is 354 g/mol. The Bertz CT molecular complexity index is 575. The van der Waals surface area contributed by atoms with E-state index in [0.717, 1.165) is 12.3 Å². The first-order valence-corrected chi connectivity index (χ1v) is 10.4. The van der Waals surface area contributed by atoms with Gasteiger partial charge in [-0.1, -0.05) is 69.9 Å². The summed E-state index contributed by atoms with van der Waals surface area (Å²) in [4.78, 5) is 11.8. The predicted octanol–water partition coefficient (Wildman–Crippen LogP) is 6.97. The first kappa shape index (κ1) is 20.5. The van der Waals surface area contributed by atoms with Crippen LogP contribution in [-0.2, 0) is 4.79 Å². The molecule has 1 aliphatic carbocycles. The van der Waals surface area contributed by atoms with E-state index in [0.29, 0.717) is 11.7 Å². The van der Waals surface area contributed by atoms with Gasteiger partial charge < -0.3 is 4.74 Å². The molecule has 0 atom stereocenters. The van der Waals surface area contributed by atoms with E-state index in [2.05, 4.69) is 26.0 Å². The lowest BCUT2D eigenvalue weighted by molar-refractivity contribution is -0.128. The Balaban J connectivity index is 1.78. The van der Waals surface area contributed by atoms with Crippen molar-refractivity contribution in [1.82, 2.24) is 0 Å². The molecule has 0 bridgehead atoms. The van der Waals surface area contributed by atoms with Crippen LogP contribution in [0.15, 0.2) is 48.6 Å². The molecule has 0 N–H and O–H groups in total. The smallest absolute Gasteiger partial charge is 0.336 e. The lowest BCUT2D eigenvalue weighted by atomic mass is 9.77. The zero-order valence-corrected chi connectivity index (χ0v) is 16.5. The highest BCUT2D eigenvalue weighted by atomic mass is 16.5. The second-order valence-electron chi connectivity index (χ2n) is 7.40. The van der Waals surface area contributed by atoms with Crippen molar-refractivity contribution in [1.29, 1.82) is 0 Å². The van der Waals surface area contributed by atoms with Crippen molar-refractivity contribution in [2.45, 2.75) is 77.6 Å². The number of unbranched alkanes of at least 4 members (excludes halogenated alkanes) is 2. The van der Waals surface area contributed by atoms with Crippen LogP contribution in [0.25, 0.3) is 0 Å². The van der Waals surface area contributed by atoms with Gasteiger partial charge in [-0.15, -0.1) is 0 Å². The van der Waals surface area contributed by atoms with Gasteiger partial charge in [0.25, 0.3) is 0 Å². The van der Waals surface area contributed by atoms with Crippen molar-refractivity contribution in [2.24, 2.45) is 5.92 Å². The summed E-state index contributed by atoms with van der Waals surface area (Å²) >= 11 is 0. The van der Waals surface area contributed by atoms with Crippen LogP contribution in [-0.4, -0.2) is 5.97 Å². The molecule has 0 unspecified atom stereocenters. The Morgan fingerprint density at radius 2 is 1.77 bits per heavy atom. The average molecular weight is 355 g/mol. The summed E-state index contributed by atoms with van der Waals surface area (Å²) in [7, 11) is 0. The second-order valence-corrected chi connectivity index (χ2v) is 7.40. The third-order valence-electron chi connectivity index (χ3n) is 5.35. The fourth-order valence-electron chi connectivity index (χ4n) is 3.77. The third-order valence-corrected chi connectivity index (χ3v) is 5.35. The van der Waals surface area contributed by atoms with Crippen LogP contribution in [0.5, 0.6) is 5.75 Å². The van der Waals surface area contributed by atoms with E-state index in [-0.39, 0.29) is 5.97 Å². The van der Waals surface area contributed by atoms with E-state index < -0.39 is 0 Å². The van der Waals surface area contributed by atoms with E-state index in [1.54, 1.807) is 6.08 Å². The lowest BCUT2D eigenvalue weighted by Gasteiger charge is -2.29. The first-order valence-electron chi connectivity index (χ1n) is 10.4. The Labute approximate surface area is 159 Å². The van der Waals surface area contributed by atoms with Crippen molar-refractivity contribution in [3.63, 3.8) is 0 Å². The number of hydrogen-bond donors (Lipinski definition) is 0. The van der Waals surface area contributed by atoms with Crippen LogP contribution in [0.2, 0.25) is 0 Å². The van der Waals surface area contributed by atoms with E-state index in [9.17, 15) is 4.79 Å². The minimum Gasteiger partial charge on any atom is -0.423 e. The van der Waals surface area contributed by atoms with Crippen molar-refractivity contribution in [2.75, 3.05) is 0 Å². The molecular weight excluding hydrogens is 320 g/mol. The number of benzene rings is 1. The lowest BCUT2D eigenvalue weighted by Crippen LogP contribution is -2.13. The first-order chi connectivity index (χ1) is 12.7. The number of carbonyl (C=O) groups excluding carboxylic acids is 1. The standard InChI is InChI=1S/C24H34O2/c1-3-5-7-9-11-24(25)26-23-18-16-22(17-19-23)21-14-12-20(13-15-21)10-8-6-4-2/h5,7,9,11,16-21H,3-4,6,8,10,12-15H2,1-2H3. The molecule has 2 nitrogen and oxygen atoms in total. The summed E-state index contributed by atoms with van der Waals surface area (Å²) in [6.07, 6.45) is 18.8.